The zero-order valence-electron chi connectivity index (χ0n) is 10.3. The van der Waals surface area contributed by atoms with Crippen LogP contribution in [0.5, 0.6) is 0 Å². The highest BCUT2D eigenvalue weighted by atomic mass is 16.3. The van der Waals surface area contributed by atoms with Crippen LogP contribution in [0.15, 0.2) is 35.9 Å². The molecular formula is C15H18O2. The Labute approximate surface area is 102 Å². The molecule has 0 bridgehead atoms. The second-order valence-corrected chi connectivity index (χ2v) is 4.88. The summed E-state index contributed by atoms with van der Waals surface area (Å²) < 4.78 is 0. The molecule has 2 rings (SSSR count). The smallest absolute Gasteiger partial charge is 0.163 e. The molecule has 1 aliphatic carbocycles. The second kappa shape index (κ2) is 4.84. The highest BCUT2D eigenvalue weighted by Gasteiger charge is 2.29. The average molecular weight is 230 g/mol. The van der Waals surface area contributed by atoms with Gasteiger partial charge in [-0.05, 0) is 23.5 Å². The average Bonchev–Trinajstić information content (AvgIpc) is 2.71. The van der Waals surface area contributed by atoms with Crippen molar-refractivity contribution in [3.05, 3.63) is 41.5 Å². The van der Waals surface area contributed by atoms with Crippen molar-refractivity contribution in [1.82, 2.24) is 0 Å². The van der Waals surface area contributed by atoms with Crippen LogP contribution >= 0.6 is 0 Å². The molecule has 1 aromatic carbocycles. The number of Topliss-reactive ketones (excluding diaryl/α,β-unsaturated/α-hetero) is 1. The van der Waals surface area contributed by atoms with Gasteiger partial charge in [0.05, 0.1) is 6.10 Å². The predicted octanol–water partition coefficient (Wildman–Crippen LogP) is 2.82. The van der Waals surface area contributed by atoms with Crippen molar-refractivity contribution in [2.24, 2.45) is 5.92 Å². The van der Waals surface area contributed by atoms with Crippen LogP contribution in [0.4, 0.5) is 0 Å². The van der Waals surface area contributed by atoms with E-state index < -0.39 is 6.10 Å². The summed E-state index contributed by atoms with van der Waals surface area (Å²) in [4.78, 5) is 11.9. The molecule has 90 valence electrons. The van der Waals surface area contributed by atoms with E-state index in [1.54, 1.807) is 0 Å². The molecule has 1 aliphatic rings. The summed E-state index contributed by atoms with van der Waals surface area (Å²) in [7, 11) is 0. The Kier molecular flexibility index (Phi) is 3.43. The standard InChI is InChI=1S/C15H18O2/c1-10(2)15(17)12-8-9-13(16)14(12)11-6-4-3-5-7-11/h3-7,10,15,17H,8-9H2,1-2H3. The molecular weight excluding hydrogens is 212 g/mol. The summed E-state index contributed by atoms with van der Waals surface area (Å²) in [6.45, 7) is 3.95. The van der Waals surface area contributed by atoms with E-state index in [1.807, 2.05) is 44.2 Å². The van der Waals surface area contributed by atoms with Crippen LogP contribution in [0.1, 0.15) is 32.3 Å². The molecule has 1 N–H and O–H groups in total. The zero-order chi connectivity index (χ0) is 12.4. The fourth-order valence-electron chi connectivity index (χ4n) is 2.33. The minimum atomic E-state index is -0.503. The zero-order valence-corrected chi connectivity index (χ0v) is 10.3. The molecule has 1 unspecified atom stereocenters. The fourth-order valence-corrected chi connectivity index (χ4v) is 2.33. The molecule has 0 heterocycles. The lowest BCUT2D eigenvalue weighted by molar-refractivity contribution is -0.113. The Hall–Kier alpha value is -1.41. The lowest BCUT2D eigenvalue weighted by Crippen LogP contribution is -2.17. The van der Waals surface area contributed by atoms with Gasteiger partial charge in [0.2, 0.25) is 0 Å². The van der Waals surface area contributed by atoms with Gasteiger partial charge in [-0.1, -0.05) is 44.2 Å². The van der Waals surface area contributed by atoms with Crippen molar-refractivity contribution in [2.75, 3.05) is 0 Å². The first kappa shape index (κ1) is 12.1. The van der Waals surface area contributed by atoms with E-state index in [9.17, 15) is 9.90 Å². The number of rotatable bonds is 3. The highest BCUT2D eigenvalue weighted by Crippen LogP contribution is 2.34. The molecule has 0 saturated heterocycles. The maximum absolute atomic E-state index is 11.9. The van der Waals surface area contributed by atoms with E-state index in [0.717, 1.165) is 16.7 Å². The number of carbonyl (C=O) groups is 1. The van der Waals surface area contributed by atoms with E-state index >= 15 is 0 Å². The third-order valence-corrected chi connectivity index (χ3v) is 3.27. The Morgan fingerprint density at radius 3 is 2.35 bits per heavy atom. The number of hydrogen-bond acceptors (Lipinski definition) is 2. The van der Waals surface area contributed by atoms with Gasteiger partial charge in [-0.15, -0.1) is 0 Å². The van der Waals surface area contributed by atoms with Gasteiger partial charge in [-0.25, -0.2) is 0 Å². The lowest BCUT2D eigenvalue weighted by atomic mass is 9.93. The number of aliphatic hydroxyl groups excluding tert-OH is 1. The summed E-state index contributed by atoms with van der Waals surface area (Å²) in [6.07, 6.45) is 0.725. The molecule has 2 nitrogen and oxygen atoms in total. The van der Waals surface area contributed by atoms with Gasteiger partial charge in [0.25, 0.3) is 0 Å². The number of allylic oxidation sites excluding steroid dienone is 1. The van der Waals surface area contributed by atoms with Crippen molar-refractivity contribution < 1.29 is 9.90 Å². The van der Waals surface area contributed by atoms with Crippen LogP contribution in [0.25, 0.3) is 5.57 Å². The molecule has 0 radical (unpaired) electrons. The third kappa shape index (κ3) is 2.32. The Morgan fingerprint density at radius 2 is 1.76 bits per heavy atom. The van der Waals surface area contributed by atoms with Crippen LogP contribution in [0, 0.1) is 5.92 Å². The summed E-state index contributed by atoms with van der Waals surface area (Å²) in [5, 5.41) is 10.2. The van der Waals surface area contributed by atoms with E-state index in [1.165, 1.54) is 0 Å². The molecule has 0 fully saturated rings. The SMILES string of the molecule is CC(C)C(O)C1=C(c2ccccc2)C(=O)CC1. The first-order chi connectivity index (χ1) is 8.11. The minimum Gasteiger partial charge on any atom is -0.388 e. The van der Waals surface area contributed by atoms with Crippen LogP contribution in [0.3, 0.4) is 0 Å². The number of ketones is 1. The number of benzene rings is 1. The summed E-state index contributed by atoms with van der Waals surface area (Å²) >= 11 is 0. The third-order valence-electron chi connectivity index (χ3n) is 3.27. The molecule has 1 atom stereocenters. The van der Waals surface area contributed by atoms with E-state index in [4.69, 9.17) is 0 Å². The molecule has 1 aromatic rings. The largest absolute Gasteiger partial charge is 0.388 e. The van der Waals surface area contributed by atoms with Gasteiger partial charge in [-0.3, -0.25) is 4.79 Å². The summed E-state index contributed by atoms with van der Waals surface area (Å²) in [5.74, 6) is 0.306. The monoisotopic (exact) mass is 230 g/mol. The molecule has 2 heteroatoms. The first-order valence-corrected chi connectivity index (χ1v) is 6.11. The lowest BCUT2D eigenvalue weighted by Gasteiger charge is -2.17. The van der Waals surface area contributed by atoms with Gasteiger partial charge in [0, 0.05) is 12.0 Å². The predicted molar refractivity (Wildman–Crippen MR) is 68.4 cm³/mol. The normalized spacial score (nSPS) is 18.0. The van der Waals surface area contributed by atoms with Crippen molar-refractivity contribution >= 4 is 11.4 Å². The number of hydrogen-bond donors (Lipinski definition) is 1. The second-order valence-electron chi connectivity index (χ2n) is 4.88. The minimum absolute atomic E-state index is 0.148. The van der Waals surface area contributed by atoms with Gasteiger partial charge >= 0.3 is 0 Å². The van der Waals surface area contributed by atoms with Crippen molar-refractivity contribution in [1.29, 1.82) is 0 Å². The molecule has 17 heavy (non-hydrogen) atoms. The van der Waals surface area contributed by atoms with Crippen LogP contribution in [-0.4, -0.2) is 17.0 Å². The summed E-state index contributed by atoms with van der Waals surface area (Å²) in [6, 6.07) is 9.65. The molecule has 0 amide bonds. The van der Waals surface area contributed by atoms with Crippen LogP contribution in [0.2, 0.25) is 0 Å². The fraction of sp³-hybridized carbons (Fsp3) is 0.400. The first-order valence-electron chi connectivity index (χ1n) is 6.11. The Balaban J connectivity index is 2.46. The topological polar surface area (TPSA) is 37.3 Å². The quantitative estimate of drug-likeness (QED) is 0.867. The van der Waals surface area contributed by atoms with Crippen molar-refractivity contribution in [3.63, 3.8) is 0 Å². The van der Waals surface area contributed by atoms with Crippen molar-refractivity contribution in [3.8, 4) is 0 Å². The van der Waals surface area contributed by atoms with Gasteiger partial charge in [0.15, 0.2) is 5.78 Å². The van der Waals surface area contributed by atoms with Gasteiger partial charge in [0.1, 0.15) is 0 Å². The van der Waals surface area contributed by atoms with E-state index in [0.29, 0.717) is 12.8 Å². The van der Waals surface area contributed by atoms with Gasteiger partial charge < -0.3 is 5.11 Å². The maximum Gasteiger partial charge on any atom is 0.163 e. The highest BCUT2D eigenvalue weighted by molar-refractivity contribution is 6.23. The van der Waals surface area contributed by atoms with Gasteiger partial charge in [-0.2, -0.15) is 0 Å². The summed E-state index contributed by atoms with van der Waals surface area (Å²) in [5.41, 5.74) is 2.59. The number of carbonyl (C=O) groups excluding carboxylic acids is 1. The van der Waals surface area contributed by atoms with Crippen LogP contribution in [-0.2, 0) is 4.79 Å². The molecule has 0 saturated carbocycles. The van der Waals surface area contributed by atoms with E-state index in [2.05, 4.69) is 0 Å². The molecule has 0 aromatic heterocycles. The van der Waals surface area contributed by atoms with E-state index in [-0.39, 0.29) is 11.7 Å². The molecule has 0 aliphatic heterocycles. The Morgan fingerprint density at radius 1 is 1.12 bits per heavy atom. The molecule has 0 spiro atoms. The maximum atomic E-state index is 11.9. The number of aliphatic hydroxyl groups is 1. The Bertz CT molecular complexity index is 443. The van der Waals surface area contributed by atoms with Crippen molar-refractivity contribution in [2.45, 2.75) is 32.8 Å². The van der Waals surface area contributed by atoms with Crippen LogP contribution < -0.4 is 0 Å².